The highest BCUT2D eigenvalue weighted by Gasteiger charge is 2.14. The Labute approximate surface area is 164 Å². The van der Waals surface area contributed by atoms with Gasteiger partial charge in [0.25, 0.3) is 0 Å². The second kappa shape index (κ2) is 9.70. The number of nitrogens with one attached hydrogen (secondary N) is 3. The van der Waals surface area contributed by atoms with Crippen molar-refractivity contribution < 1.29 is 18.0 Å². The van der Waals surface area contributed by atoms with E-state index < -0.39 is 16.1 Å². The van der Waals surface area contributed by atoms with Gasteiger partial charge in [0.15, 0.2) is 0 Å². The largest absolute Gasteiger partial charge is 0.341 e. The molecule has 0 saturated heterocycles. The van der Waals surface area contributed by atoms with E-state index in [0.29, 0.717) is 11.4 Å². The monoisotopic (exact) mass is 401 g/mol. The maximum absolute atomic E-state index is 12.2. The third-order valence-corrected chi connectivity index (χ3v) is 5.09. The molecule has 0 spiro atoms. The molecule has 2 aromatic carbocycles. The van der Waals surface area contributed by atoms with Crippen molar-refractivity contribution in [1.29, 1.82) is 0 Å². The first kappa shape index (κ1) is 21.2. The first-order valence-corrected chi connectivity index (χ1v) is 10.4. The van der Waals surface area contributed by atoms with Crippen molar-refractivity contribution in [1.82, 2.24) is 5.32 Å². The number of sulfonamides is 1. The van der Waals surface area contributed by atoms with Crippen LogP contribution in [0.25, 0.3) is 6.08 Å². The molecule has 0 aliphatic heterocycles. The lowest BCUT2D eigenvalue weighted by molar-refractivity contribution is -0.123. The van der Waals surface area contributed by atoms with Crippen LogP contribution in [0.2, 0.25) is 0 Å². The van der Waals surface area contributed by atoms with E-state index in [9.17, 15) is 18.0 Å². The van der Waals surface area contributed by atoms with Crippen molar-refractivity contribution >= 4 is 39.3 Å². The van der Waals surface area contributed by atoms with Gasteiger partial charge in [-0.3, -0.25) is 14.3 Å². The maximum Gasteiger partial charge on any atom is 0.246 e. The molecule has 0 aliphatic carbocycles. The molecule has 1 unspecified atom stereocenters. The van der Waals surface area contributed by atoms with Crippen molar-refractivity contribution in [2.45, 2.75) is 19.9 Å². The van der Waals surface area contributed by atoms with Crippen molar-refractivity contribution in [3.8, 4) is 0 Å². The number of amides is 2. The van der Waals surface area contributed by atoms with Gasteiger partial charge in [0.05, 0.1) is 5.75 Å². The van der Waals surface area contributed by atoms with Crippen LogP contribution in [0.4, 0.5) is 11.4 Å². The minimum absolute atomic E-state index is 0.0264. The Kier molecular flexibility index (Phi) is 7.34. The molecule has 0 saturated carbocycles. The van der Waals surface area contributed by atoms with Gasteiger partial charge >= 0.3 is 0 Å². The van der Waals surface area contributed by atoms with E-state index in [2.05, 4.69) is 15.4 Å². The molecular weight excluding hydrogens is 378 g/mol. The summed E-state index contributed by atoms with van der Waals surface area (Å²) in [5.74, 6) is -0.791. The molecule has 0 aliphatic rings. The van der Waals surface area contributed by atoms with Gasteiger partial charge in [0.1, 0.15) is 6.04 Å². The fraction of sp³-hybridized carbons (Fsp3) is 0.200. The van der Waals surface area contributed by atoms with Crippen LogP contribution in [-0.2, 0) is 19.6 Å². The molecule has 2 aromatic rings. The van der Waals surface area contributed by atoms with E-state index in [-0.39, 0.29) is 17.6 Å². The van der Waals surface area contributed by atoms with E-state index in [1.807, 2.05) is 30.3 Å². The summed E-state index contributed by atoms with van der Waals surface area (Å²) in [6.07, 6.45) is 3.03. The van der Waals surface area contributed by atoms with Gasteiger partial charge in [-0.2, -0.15) is 0 Å². The zero-order valence-corrected chi connectivity index (χ0v) is 16.5. The standard InChI is InChI=1S/C20H23N3O4S/c1-3-28(26,27)23-18-12-10-17(11-13-18)22-20(25)15(2)21-19(24)14-9-16-7-5-4-6-8-16/h4-15,23H,3H2,1-2H3,(H,21,24)(H,22,25). The Bertz CT molecular complexity index is 939. The van der Waals surface area contributed by atoms with Crippen LogP contribution < -0.4 is 15.4 Å². The van der Waals surface area contributed by atoms with Crippen LogP contribution in [-0.4, -0.2) is 32.0 Å². The zero-order chi connectivity index (χ0) is 20.6. The van der Waals surface area contributed by atoms with Crippen LogP contribution in [0.5, 0.6) is 0 Å². The highest BCUT2D eigenvalue weighted by Crippen LogP contribution is 2.15. The molecular formula is C20H23N3O4S. The predicted octanol–water partition coefficient (Wildman–Crippen LogP) is 2.60. The lowest BCUT2D eigenvalue weighted by Crippen LogP contribution is -2.40. The molecule has 2 amide bonds. The zero-order valence-electron chi connectivity index (χ0n) is 15.7. The number of hydrogen-bond donors (Lipinski definition) is 3. The summed E-state index contributed by atoms with van der Waals surface area (Å²) in [4.78, 5) is 24.2. The molecule has 7 nitrogen and oxygen atoms in total. The Morgan fingerprint density at radius 3 is 2.21 bits per heavy atom. The molecule has 8 heteroatoms. The molecule has 3 N–H and O–H groups in total. The first-order chi connectivity index (χ1) is 13.3. The van der Waals surface area contributed by atoms with Gasteiger partial charge in [-0.15, -0.1) is 0 Å². The fourth-order valence-electron chi connectivity index (χ4n) is 2.19. The Balaban J connectivity index is 1.88. The van der Waals surface area contributed by atoms with Crippen molar-refractivity contribution in [3.63, 3.8) is 0 Å². The first-order valence-electron chi connectivity index (χ1n) is 8.74. The number of hydrogen-bond acceptors (Lipinski definition) is 4. The molecule has 148 valence electrons. The Morgan fingerprint density at radius 1 is 1.00 bits per heavy atom. The summed E-state index contributed by atoms with van der Waals surface area (Å²) in [6.45, 7) is 3.12. The van der Waals surface area contributed by atoms with Crippen LogP contribution in [0.1, 0.15) is 19.4 Å². The van der Waals surface area contributed by atoms with E-state index in [1.165, 1.54) is 6.08 Å². The predicted molar refractivity (Wildman–Crippen MR) is 111 cm³/mol. The summed E-state index contributed by atoms with van der Waals surface area (Å²) in [5.41, 5.74) is 1.78. The van der Waals surface area contributed by atoms with Crippen LogP contribution in [0.3, 0.4) is 0 Å². The van der Waals surface area contributed by atoms with Gasteiger partial charge in [-0.25, -0.2) is 8.42 Å². The fourth-order valence-corrected chi connectivity index (χ4v) is 2.83. The van der Waals surface area contributed by atoms with E-state index in [1.54, 1.807) is 44.2 Å². The Hall–Kier alpha value is -3.13. The number of benzene rings is 2. The van der Waals surface area contributed by atoms with Gasteiger partial charge in [0, 0.05) is 17.5 Å². The smallest absolute Gasteiger partial charge is 0.246 e. The molecule has 28 heavy (non-hydrogen) atoms. The topological polar surface area (TPSA) is 104 Å². The van der Waals surface area contributed by atoms with Crippen molar-refractivity contribution in [2.24, 2.45) is 0 Å². The molecule has 0 bridgehead atoms. The Morgan fingerprint density at radius 2 is 1.61 bits per heavy atom. The second-order valence-corrected chi connectivity index (χ2v) is 8.06. The molecule has 0 heterocycles. The summed E-state index contributed by atoms with van der Waals surface area (Å²) >= 11 is 0. The minimum atomic E-state index is -3.35. The summed E-state index contributed by atoms with van der Waals surface area (Å²) in [5, 5.41) is 5.26. The number of anilines is 2. The van der Waals surface area contributed by atoms with E-state index in [4.69, 9.17) is 0 Å². The summed E-state index contributed by atoms with van der Waals surface area (Å²) in [6, 6.07) is 14.9. The van der Waals surface area contributed by atoms with Crippen molar-refractivity contribution in [2.75, 3.05) is 15.8 Å². The average molecular weight is 401 g/mol. The van der Waals surface area contributed by atoms with Gasteiger partial charge < -0.3 is 10.6 Å². The van der Waals surface area contributed by atoms with Gasteiger partial charge in [0.2, 0.25) is 21.8 Å². The van der Waals surface area contributed by atoms with Crippen molar-refractivity contribution in [3.05, 3.63) is 66.2 Å². The maximum atomic E-state index is 12.2. The quantitative estimate of drug-likeness (QED) is 0.592. The minimum Gasteiger partial charge on any atom is -0.341 e. The second-order valence-electron chi connectivity index (χ2n) is 6.05. The van der Waals surface area contributed by atoms with E-state index >= 15 is 0 Å². The number of carbonyl (C=O) groups is 2. The third kappa shape index (κ3) is 6.88. The summed E-state index contributed by atoms with van der Waals surface area (Å²) < 4.78 is 25.5. The molecule has 2 rings (SSSR count). The summed E-state index contributed by atoms with van der Waals surface area (Å²) in [7, 11) is -3.35. The van der Waals surface area contributed by atoms with Gasteiger partial charge in [-0.1, -0.05) is 30.3 Å². The lowest BCUT2D eigenvalue weighted by Gasteiger charge is -2.13. The number of carbonyl (C=O) groups excluding carboxylic acids is 2. The van der Waals surface area contributed by atoms with Crippen LogP contribution in [0, 0.1) is 0 Å². The van der Waals surface area contributed by atoms with E-state index in [0.717, 1.165) is 5.56 Å². The average Bonchev–Trinajstić information content (AvgIpc) is 2.68. The lowest BCUT2D eigenvalue weighted by atomic mass is 10.2. The molecule has 1 atom stereocenters. The molecule has 0 aromatic heterocycles. The van der Waals surface area contributed by atoms with Crippen LogP contribution >= 0.6 is 0 Å². The number of rotatable bonds is 8. The molecule has 0 fully saturated rings. The normalized spacial score (nSPS) is 12.4. The molecule has 0 radical (unpaired) electrons. The third-order valence-electron chi connectivity index (χ3n) is 3.78. The highest BCUT2D eigenvalue weighted by atomic mass is 32.2. The SMILES string of the molecule is CCS(=O)(=O)Nc1ccc(NC(=O)C(C)NC(=O)C=Cc2ccccc2)cc1. The van der Waals surface area contributed by atoms with Gasteiger partial charge in [-0.05, 0) is 49.8 Å². The highest BCUT2D eigenvalue weighted by molar-refractivity contribution is 7.92. The van der Waals surface area contributed by atoms with Crippen LogP contribution in [0.15, 0.2) is 60.7 Å².